The van der Waals surface area contributed by atoms with Crippen molar-refractivity contribution in [2.75, 3.05) is 6.61 Å². The molecule has 0 aliphatic carbocycles. The van der Waals surface area contributed by atoms with Gasteiger partial charge in [0.25, 0.3) is 0 Å². The molecule has 0 aliphatic rings. The third-order valence-electron chi connectivity index (χ3n) is 4.71. The van der Waals surface area contributed by atoms with Crippen LogP contribution < -0.4 is 0 Å². The summed E-state index contributed by atoms with van der Waals surface area (Å²) >= 11 is 5.69. The fourth-order valence-corrected chi connectivity index (χ4v) is 3.22. The van der Waals surface area contributed by atoms with Crippen molar-refractivity contribution in [1.82, 2.24) is 9.55 Å². The van der Waals surface area contributed by atoms with E-state index in [1.165, 1.54) is 30.5 Å². The van der Waals surface area contributed by atoms with E-state index >= 15 is 0 Å². The Morgan fingerprint density at radius 3 is 2.52 bits per heavy atom. The molecule has 3 aromatic rings. The van der Waals surface area contributed by atoms with Crippen molar-refractivity contribution in [3.8, 4) is 0 Å². The molecule has 0 atom stereocenters. The Balaban J connectivity index is 1.63. The monoisotopic (exact) mass is 414 g/mol. The van der Waals surface area contributed by atoms with Gasteiger partial charge in [-0.1, -0.05) is 23.7 Å². The summed E-state index contributed by atoms with van der Waals surface area (Å²) in [6.07, 6.45) is 2.01. The number of aromatic nitrogens is 2. The summed E-state index contributed by atoms with van der Waals surface area (Å²) in [6, 6.07) is 11.1. The van der Waals surface area contributed by atoms with Crippen molar-refractivity contribution in [2.45, 2.75) is 26.8 Å². The topological polar surface area (TPSA) is 61.2 Å². The molecule has 7 heteroatoms. The van der Waals surface area contributed by atoms with Crippen LogP contribution in [0.4, 0.5) is 4.39 Å². The van der Waals surface area contributed by atoms with Crippen LogP contribution in [-0.2, 0) is 17.7 Å². The van der Waals surface area contributed by atoms with Gasteiger partial charge in [-0.3, -0.25) is 4.79 Å². The van der Waals surface area contributed by atoms with Gasteiger partial charge in [0.1, 0.15) is 11.0 Å². The lowest BCUT2D eigenvalue weighted by molar-refractivity contribution is 0.0474. The number of ether oxygens (including phenoxy) is 1. The molecule has 3 rings (SSSR count). The van der Waals surface area contributed by atoms with Crippen LogP contribution in [0, 0.1) is 19.7 Å². The molecule has 150 valence electrons. The number of halogens is 2. The smallest absolute Gasteiger partial charge is 0.340 e. The first-order chi connectivity index (χ1) is 13.8. The van der Waals surface area contributed by atoms with Crippen LogP contribution >= 0.6 is 11.6 Å². The van der Waals surface area contributed by atoms with Crippen molar-refractivity contribution in [3.05, 3.63) is 87.7 Å². The molecular weight excluding hydrogens is 395 g/mol. The Hall–Kier alpha value is -2.99. The van der Waals surface area contributed by atoms with Crippen LogP contribution in [0.1, 0.15) is 37.7 Å². The summed E-state index contributed by atoms with van der Waals surface area (Å²) in [4.78, 5) is 28.4. The van der Waals surface area contributed by atoms with Crippen LogP contribution in [0.2, 0.25) is 5.15 Å². The number of nitrogens with zero attached hydrogens (tertiary/aromatic N) is 2. The molecule has 0 fully saturated rings. The third kappa shape index (κ3) is 5.09. The Kier molecular flexibility index (Phi) is 6.44. The number of ketones is 1. The maximum atomic E-state index is 13.0. The molecule has 0 N–H and O–H groups in total. The number of rotatable bonds is 7. The van der Waals surface area contributed by atoms with Crippen LogP contribution in [0.5, 0.6) is 0 Å². The minimum Gasteiger partial charge on any atom is -0.454 e. The number of Topliss-reactive ketones (excluding diaryl/α,β-unsaturated/α-hetero) is 1. The van der Waals surface area contributed by atoms with Crippen LogP contribution in [0.25, 0.3) is 0 Å². The van der Waals surface area contributed by atoms with Gasteiger partial charge < -0.3 is 9.30 Å². The zero-order valence-electron chi connectivity index (χ0n) is 16.1. The van der Waals surface area contributed by atoms with Crippen LogP contribution in [0.3, 0.4) is 0 Å². The number of esters is 1. The van der Waals surface area contributed by atoms with Gasteiger partial charge in [0, 0.05) is 29.7 Å². The molecule has 0 aliphatic heterocycles. The molecule has 0 spiro atoms. The van der Waals surface area contributed by atoms with Crippen LogP contribution in [-0.4, -0.2) is 27.9 Å². The average Bonchev–Trinajstić information content (AvgIpc) is 3.00. The van der Waals surface area contributed by atoms with Gasteiger partial charge in [0.15, 0.2) is 6.61 Å². The summed E-state index contributed by atoms with van der Waals surface area (Å²) < 4.78 is 20.2. The number of hydrogen-bond donors (Lipinski definition) is 0. The molecule has 2 aromatic heterocycles. The van der Waals surface area contributed by atoms with E-state index in [0.717, 1.165) is 17.0 Å². The summed E-state index contributed by atoms with van der Waals surface area (Å²) in [5, 5.41) is 0.269. The van der Waals surface area contributed by atoms with Gasteiger partial charge in [-0.2, -0.15) is 0 Å². The molecule has 2 heterocycles. The van der Waals surface area contributed by atoms with Crippen molar-refractivity contribution in [3.63, 3.8) is 0 Å². The molecular formula is C22H20ClFN2O3. The second-order valence-corrected chi connectivity index (χ2v) is 7.07. The number of carbonyl (C=O) groups is 2. The first-order valence-corrected chi connectivity index (χ1v) is 9.46. The van der Waals surface area contributed by atoms with E-state index in [1.807, 2.05) is 18.4 Å². The number of carbonyl (C=O) groups excluding carboxylic acids is 2. The second-order valence-electron chi connectivity index (χ2n) is 6.68. The molecule has 0 saturated carbocycles. The molecule has 0 bridgehead atoms. The average molecular weight is 415 g/mol. The zero-order valence-corrected chi connectivity index (χ0v) is 16.9. The number of pyridine rings is 1. The quantitative estimate of drug-likeness (QED) is 0.322. The first-order valence-electron chi connectivity index (χ1n) is 9.08. The van der Waals surface area contributed by atoms with Gasteiger partial charge in [0.05, 0.1) is 5.56 Å². The largest absolute Gasteiger partial charge is 0.454 e. The Labute approximate surface area is 173 Å². The number of aryl methyl sites for hydroxylation is 2. The molecule has 0 unspecified atom stereocenters. The van der Waals surface area contributed by atoms with Gasteiger partial charge in [-0.05, 0) is 56.2 Å². The Bertz CT molecular complexity index is 1030. The molecule has 1 aromatic carbocycles. The zero-order chi connectivity index (χ0) is 21.0. The third-order valence-corrected chi connectivity index (χ3v) is 4.93. The second kappa shape index (κ2) is 9.01. The van der Waals surface area contributed by atoms with E-state index in [0.29, 0.717) is 18.5 Å². The fourth-order valence-electron chi connectivity index (χ4n) is 3.11. The molecule has 29 heavy (non-hydrogen) atoms. The highest BCUT2D eigenvalue weighted by molar-refractivity contribution is 6.29. The maximum absolute atomic E-state index is 13.0. The van der Waals surface area contributed by atoms with Crippen molar-refractivity contribution in [1.29, 1.82) is 0 Å². The molecule has 0 amide bonds. The maximum Gasteiger partial charge on any atom is 0.340 e. The molecule has 5 nitrogen and oxygen atoms in total. The Morgan fingerprint density at radius 2 is 1.86 bits per heavy atom. The summed E-state index contributed by atoms with van der Waals surface area (Å²) in [6.45, 7) is 4.08. The Morgan fingerprint density at radius 1 is 1.14 bits per heavy atom. The summed E-state index contributed by atoms with van der Waals surface area (Å²) in [5.74, 6) is -1.17. The van der Waals surface area contributed by atoms with Gasteiger partial charge in [-0.15, -0.1) is 0 Å². The van der Waals surface area contributed by atoms with E-state index < -0.39 is 5.97 Å². The number of benzene rings is 1. The minimum absolute atomic E-state index is 0.229. The van der Waals surface area contributed by atoms with E-state index in [9.17, 15) is 14.0 Å². The van der Waals surface area contributed by atoms with Crippen molar-refractivity contribution in [2.24, 2.45) is 0 Å². The highest BCUT2D eigenvalue weighted by Crippen LogP contribution is 2.17. The molecule has 0 radical (unpaired) electrons. The van der Waals surface area contributed by atoms with Crippen molar-refractivity contribution < 1.29 is 18.7 Å². The van der Waals surface area contributed by atoms with Crippen molar-refractivity contribution >= 4 is 23.4 Å². The summed E-state index contributed by atoms with van der Waals surface area (Å²) in [7, 11) is 0. The number of hydrogen-bond acceptors (Lipinski definition) is 4. The lowest BCUT2D eigenvalue weighted by atomic mass is 10.1. The lowest BCUT2D eigenvalue weighted by Gasteiger charge is -2.10. The first kappa shape index (κ1) is 20.7. The standard InChI is InChI=1S/C22H20ClFN2O3/c1-14-11-19(15(2)26(14)10-9-16-3-6-18(24)7-4-16)20(27)13-29-22(28)17-5-8-21(23)25-12-17/h3-8,11-12H,9-10,13H2,1-2H3. The lowest BCUT2D eigenvalue weighted by Crippen LogP contribution is -2.15. The van der Waals surface area contributed by atoms with Crippen LogP contribution in [0.15, 0.2) is 48.7 Å². The van der Waals surface area contributed by atoms with E-state index in [1.54, 1.807) is 18.2 Å². The minimum atomic E-state index is -0.632. The fraction of sp³-hybridized carbons (Fsp3) is 0.227. The van der Waals surface area contributed by atoms with E-state index in [4.69, 9.17) is 16.3 Å². The summed E-state index contributed by atoms with van der Waals surface area (Å²) in [5.41, 5.74) is 3.49. The van der Waals surface area contributed by atoms with E-state index in [2.05, 4.69) is 4.98 Å². The predicted octanol–water partition coefficient (Wildman–Crippen LogP) is 4.57. The predicted molar refractivity (Wildman–Crippen MR) is 108 cm³/mol. The highest BCUT2D eigenvalue weighted by Gasteiger charge is 2.18. The molecule has 0 saturated heterocycles. The van der Waals surface area contributed by atoms with Gasteiger partial charge in [0.2, 0.25) is 5.78 Å². The normalized spacial score (nSPS) is 10.8. The highest BCUT2D eigenvalue weighted by atomic mass is 35.5. The SMILES string of the molecule is Cc1cc(C(=O)COC(=O)c2ccc(Cl)nc2)c(C)n1CCc1ccc(F)cc1. The van der Waals surface area contributed by atoms with Gasteiger partial charge in [-0.25, -0.2) is 14.2 Å². The van der Waals surface area contributed by atoms with Gasteiger partial charge >= 0.3 is 5.97 Å². The van der Waals surface area contributed by atoms with E-state index in [-0.39, 0.29) is 28.9 Å².